The first-order valence-electron chi connectivity index (χ1n) is 7.23. The molecular weight excluding hydrogens is 426 g/mol. The number of carboxylic acid groups (broad SMARTS) is 1. The fraction of sp³-hybridized carbons (Fsp3) is 0.417. The quantitative estimate of drug-likeness (QED) is 0.268. The van der Waals surface area contributed by atoms with Crippen molar-refractivity contribution in [3.05, 3.63) is 26.9 Å². The van der Waals surface area contributed by atoms with Crippen molar-refractivity contribution in [3.63, 3.8) is 0 Å². The second-order valence-corrected chi connectivity index (χ2v) is 9.03. The Kier molecular flexibility index (Phi) is 4.98. The molecule has 1 amide bonds. The molecule has 2 aliphatic heterocycles. The van der Waals surface area contributed by atoms with Crippen LogP contribution in [0.1, 0.15) is 13.3 Å². The molecule has 0 radical (unpaired) electrons. The first-order valence-corrected chi connectivity index (χ1v) is 10.2. The summed E-state index contributed by atoms with van der Waals surface area (Å²) in [6, 6.07) is -0.655. The van der Waals surface area contributed by atoms with Crippen molar-refractivity contribution in [2.24, 2.45) is 5.92 Å². The van der Waals surface area contributed by atoms with Crippen molar-refractivity contribution in [1.29, 1.82) is 0 Å². The van der Waals surface area contributed by atoms with E-state index in [0.717, 1.165) is 34.2 Å². The number of thiazole rings is 1. The van der Waals surface area contributed by atoms with E-state index in [1.807, 2.05) is 0 Å². The number of hydrogen-bond acceptors (Lipinski definition) is 10. The van der Waals surface area contributed by atoms with Crippen LogP contribution in [0.3, 0.4) is 0 Å². The van der Waals surface area contributed by atoms with Crippen LogP contribution < -0.4 is 0 Å². The number of thioether (sulfide) groups is 1. The molecule has 146 valence electrons. The molecule has 1 aromatic rings. The second-order valence-electron chi connectivity index (χ2n) is 5.64. The first-order chi connectivity index (χ1) is 12.5. The van der Waals surface area contributed by atoms with Crippen molar-refractivity contribution >= 4 is 50.4 Å². The molecule has 0 spiro atoms. The lowest BCUT2D eigenvalue weighted by molar-refractivity contribution is -0.380. The van der Waals surface area contributed by atoms with Crippen LogP contribution in [0.5, 0.6) is 0 Å². The highest BCUT2D eigenvalue weighted by Crippen LogP contribution is 2.49. The Hall–Kier alpha value is -2.07. The van der Waals surface area contributed by atoms with Crippen LogP contribution in [0.4, 0.5) is 5.00 Å². The lowest BCUT2D eigenvalue weighted by Crippen LogP contribution is -2.62. The van der Waals surface area contributed by atoms with Crippen molar-refractivity contribution in [2.75, 3.05) is 0 Å². The summed E-state index contributed by atoms with van der Waals surface area (Å²) in [5.41, 5.74) is -0.275. The maximum atomic E-state index is 12.3. The van der Waals surface area contributed by atoms with E-state index in [0.29, 0.717) is 0 Å². The summed E-state index contributed by atoms with van der Waals surface area (Å²) < 4.78 is 35.1. The van der Waals surface area contributed by atoms with Crippen LogP contribution in [-0.2, 0) is 24.2 Å². The zero-order valence-electron chi connectivity index (χ0n) is 13.3. The molecule has 15 heteroatoms. The Balaban J connectivity index is 1.83. The molecule has 12 nitrogen and oxygen atoms in total. The number of amides is 1. The van der Waals surface area contributed by atoms with Gasteiger partial charge >= 0.3 is 21.4 Å². The van der Waals surface area contributed by atoms with Gasteiger partial charge in [-0.1, -0.05) is 11.8 Å². The average Bonchev–Trinajstić information content (AvgIpc) is 3.09. The van der Waals surface area contributed by atoms with Gasteiger partial charge in [0, 0.05) is 11.3 Å². The normalized spacial score (nSPS) is 23.2. The molecule has 0 unspecified atom stereocenters. The molecule has 3 rings (SSSR count). The summed E-state index contributed by atoms with van der Waals surface area (Å²) >= 11 is 1.67. The Morgan fingerprint density at radius 3 is 2.78 bits per heavy atom. The second kappa shape index (κ2) is 6.83. The third kappa shape index (κ3) is 3.68. The predicted octanol–water partition coefficient (Wildman–Crippen LogP) is 0.878. The number of carbonyl (C=O) groups is 2. The van der Waals surface area contributed by atoms with Crippen molar-refractivity contribution in [2.45, 2.75) is 29.8 Å². The van der Waals surface area contributed by atoms with Gasteiger partial charge in [-0.25, -0.2) is 14.0 Å². The Morgan fingerprint density at radius 1 is 1.59 bits per heavy atom. The minimum Gasteiger partial charge on any atom is -0.477 e. The van der Waals surface area contributed by atoms with E-state index in [9.17, 15) is 33.2 Å². The smallest absolute Gasteiger partial charge is 0.397 e. The first kappa shape index (κ1) is 19.7. The van der Waals surface area contributed by atoms with Crippen LogP contribution in [0.25, 0.3) is 0 Å². The number of hydrogen-bond donors (Lipinski definition) is 2. The molecule has 2 N–H and O–H groups in total. The average molecular weight is 437 g/mol. The SMILES string of the molecule is C[C@H](OS(=O)(=O)O)[C@@H]1C(=O)N2C(C(=O)O)=C(Sc3ncc([N+](=O)[O-])s3)C[C@H]12. The number of aromatic nitrogens is 1. The Labute approximate surface area is 159 Å². The van der Waals surface area contributed by atoms with E-state index in [1.54, 1.807) is 0 Å². The summed E-state index contributed by atoms with van der Waals surface area (Å²) in [6.45, 7) is 1.28. The highest BCUT2D eigenvalue weighted by molar-refractivity contribution is 8.04. The zero-order valence-corrected chi connectivity index (χ0v) is 15.8. The molecule has 0 bridgehead atoms. The Morgan fingerprint density at radius 2 is 2.26 bits per heavy atom. The number of fused-ring (bicyclic) bond motifs is 1. The summed E-state index contributed by atoms with van der Waals surface area (Å²) in [6.07, 6.45) is -0.0441. The van der Waals surface area contributed by atoms with Gasteiger partial charge in [0.05, 0.1) is 23.0 Å². The number of nitrogens with zero attached hydrogens (tertiary/aromatic N) is 3. The minimum atomic E-state index is -4.77. The van der Waals surface area contributed by atoms with Crippen LogP contribution in [-0.4, -0.2) is 56.9 Å². The summed E-state index contributed by atoms with van der Waals surface area (Å²) in [4.78, 5) is 39.2. The molecule has 1 aromatic heterocycles. The van der Waals surface area contributed by atoms with Gasteiger partial charge in [0.25, 0.3) is 0 Å². The van der Waals surface area contributed by atoms with E-state index < -0.39 is 45.3 Å². The number of rotatable bonds is 7. The topological polar surface area (TPSA) is 177 Å². The third-order valence-corrected chi connectivity index (χ3v) is 6.69. The van der Waals surface area contributed by atoms with Crippen molar-refractivity contribution in [3.8, 4) is 0 Å². The molecular formula is C12H11N3O9S3. The summed E-state index contributed by atoms with van der Waals surface area (Å²) in [5.74, 6) is -2.96. The number of carbonyl (C=O) groups excluding carboxylic acids is 1. The van der Waals surface area contributed by atoms with E-state index in [-0.39, 0.29) is 26.4 Å². The molecule has 3 heterocycles. The lowest BCUT2D eigenvalue weighted by Gasteiger charge is -2.45. The van der Waals surface area contributed by atoms with Gasteiger partial charge in [-0.15, -0.1) is 0 Å². The zero-order chi connectivity index (χ0) is 20.1. The summed E-state index contributed by atoms with van der Waals surface area (Å²) in [7, 11) is -4.77. The number of aliphatic carboxylic acids is 1. The van der Waals surface area contributed by atoms with Gasteiger partial charge in [0.1, 0.15) is 11.9 Å². The summed E-state index contributed by atoms with van der Waals surface area (Å²) in [5, 5.41) is 20.0. The van der Waals surface area contributed by atoms with Gasteiger partial charge < -0.3 is 10.0 Å². The lowest BCUT2D eigenvalue weighted by atomic mass is 9.83. The molecule has 2 aliphatic rings. The van der Waals surface area contributed by atoms with Gasteiger partial charge in [-0.05, 0) is 18.3 Å². The molecule has 3 atom stereocenters. The fourth-order valence-corrected chi connectivity index (χ4v) is 5.59. The van der Waals surface area contributed by atoms with Gasteiger partial charge in [0.2, 0.25) is 5.91 Å². The number of nitro groups is 1. The highest BCUT2D eigenvalue weighted by Gasteiger charge is 2.58. The third-order valence-electron chi connectivity index (χ3n) is 4.01. The Bertz CT molecular complexity index is 970. The number of carboxylic acids is 1. The van der Waals surface area contributed by atoms with Crippen molar-refractivity contribution in [1.82, 2.24) is 9.88 Å². The molecule has 1 fully saturated rings. The fourth-order valence-electron chi connectivity index (χ4n) is 3.05. The predicted molar refractivity (Wildman–Crippen MR) is 90.1 cm³/mol. The molecule has 0 aliphatic carbocycles. The van der Waals surface area contributed by atoms with E-state index in [4.69, 9.17) is 4.55 Å². The van der Waals surface area contributed by atoms with E-state index in [2.05, 4.69) is 9.17 Å². The van der Waals surface area contributed by atoms with Crippen molar-refractivity contribution < 1.29 is 36.8 Å². The maximum Gasteiger partial charge on any atom is 0.397 e. The van der Waals surface area contributed by atoms with Gasteiger partial charge in [0.15, 0.2) is 4.34 Å². The van der Waals surface area contributed by atoms with Crippen LogP contribution >= 0.6 is 23.1 Å². The minimum absolute atomic E-state index is 0.0925. The van der Waals surface area contributed by atoms with Crippen LogP contribution in [0, 0.1) is 16.0 Å². The molecule has 1 saturated heterocycles. The molecule has 0 aromatic carbocycles. The largest absolute Gasteiger partial charge is 0.477 e. The van der Waals surface area contributed by atoms with E-state index >= 15 is 0 Å². The van der Waals surface area contributed by atoms with Crippen LogP contribution in [0.2, 0.25) is 0 Å². The number of β-lactam (4-membered cyclic amide) rings is 1. The maximum absolute atomic E-state index is 12.3. The standard InChI is InChI=1S/C12H11N3O9S3/c1-4(24-27(21,22)23)8-5-2-6(9(11(17)18)14(5)10(8)16)25-12-13-3-7(26-12)15(19)20/h3-5,8H,2H2,1H3,(H,17,18)(H,21,22,23)/t4-,5+,8-/m0/s1. The molecule has 27 heavy (non-hydrogen) atoms. The van der Waals surface area contributed by atoms with E-state index in [1.165, 1.54) is 6.92 Å². The highest BCUT2D eigenvalue weighted by atomic mass is 32.3. The van der Waals surface area contributed by atoms with Gasteiger partial charge in [-0.3, -0.25) is 19.5 Å². The van der Waals surface area contributed by atoms with Gasteiger partial charge in [-0.2, -0.15) is 8.42 Å². The van der Waals surface area contributed by atoms with Crippen LogP contribution in [0.15, 0.2) is 21.1 Å². The monoisotopic (exact) mass is 437 g/mol. The molecule has 0 saturated carbocycles.